The van der Waals surface area contributed by atoms with Gasteiger partial charge in [-0.25, -0.2) is 8.42 Å². The van der Waals surface area contributed by atoms with Gasteiger partial charge in [0, 0.05) is 24.3 Å². The van der Waals surface area contributed by atoms with Gasteiger partial charge in [-0.15, -0.1) is 0 Å². The molecule has 1 aliphatic rings. The Morgan fingerprint density at radius 1 is 1.16 bits per heavy atom. The molecule has 0 aliphatic carbocycles. The van der Waals surface area contributed by atoms with E-state index in [1.54, 1.807) is 24.3 Å². The van der Waals surface area contributed by atoms with Crippen molar-refractivity contribution in [3.8, 4) is 5.75 Å². The van der Waals surface area contributed by atoms with Crippen LogP contribution in [0.5, 0.6) is 5.75 Å². The summed E-state index contributed by atoms with van der Waals surface area (Å²) >= 11 is 0. The molecule has 1 atom stereocenters. The summed E-state index contributed by atoms with van der Waals surface area (Å²) in [5.74, 6) is 0.980. The number of ether oxygens (including phenoxy) is 1. The molecule has 25 heavy (non-hydrogen) atoms. The summed E-state index contributed by atoms with van der Waals surface area (Å²) in [4.78, 5) is 12.3. The van der Waals surface area contributed by atoms with Crippen LogP contribution in [0.3, 0.4) is 0 Å². The zero-order valence-electron chi connectivity index (χ0n) is 14.1. The number of fused-ring (bicyclic) bond motifs is 1. The standard InChI is InChI=1S/C19H21NO4S/c1-25(22,23)13-14-6-8-16(9-7-14)19(21)20-11-15-10-17-4-2-3-5-18(17)24-12-15/h2-9,15H,10-13H2,1H3,(H,20,21). The van der Waals surface area contributed by atoms with Crippen molar-refractivity contribution < 1.29 is 17.9 Å². The fourth-order valence-corrected chi connectivity index (χ4v) is 3.71. The van der Waals surface area contributed by atoms with Gasteiger partial charge in [-0.05, 0) is 35.7 Å². The molecule has 1 heterocycles. The largest absolute Gasteiger partial charge is 0.493 e. The number of carbonyl (C=O) groups excluding carboxylic acids is 1. The van der Waals surface area contributed by atoms with Crippen LogP contribution in [0.15, 0.2) is 48.5 Å². The number of sulfone groups is 1. The van der Waals surface area contributed by atoms with Crippen molar-refractivity contribution in [2.45, 2.75) is 12.2 Å². The molecule has 0 radical (unpaired) electrons. The highest BCUT2D eigenvalue weighted by atomic mass is 32.2. The molecule has 5 nitrogen and oxygen atoms in total. The Morgan fingerprint density at radius 3 is 2.60 bits per heavy atom. The summed E-state index contributed by atoms with van der Waals surface area (Å²) in [6, 6.07) is 14.6. The molecule has 0 saturated carbocycles. The maximum absolute atomic E-state index is 12.3. The van der Waals surface area contributed by atoms with E-state index in [0.717, 1.165) is 17.7 Å². The van der Waals surface area contributed by atoms with Crippen molar-refractivity contribution in [1.82, 2.24) is 5.32 Å². The lowest BCUT2D eigenvalue weighted by Gasteiger charge is -2.25. The van der Waals surface area contributed by atoms with Gasteiger partial charge >= 0.3 is 0 Å². The maximum atomic E-state index is 12.3. The first-order valence-electron chi connectivity index (χ1n) is 8.16. The Bertz CT molecular complexity index is 859. The van der Waals surface area contributed by atoms with E-state index in [2.05, 4.69) is 5.32 Å². The minimum absolute atomic E-state index is 0.0201. The minimum Gasteiger partial charge on any atom is -0.493 e. The number of carbonyl (C=O) groups is 1. The van der Waals surface area contributed by atoms with Gasteiger partial charge in [0.25, 0.3) is 5.91 Å². The summed E-state index contributed by atoms with van der Waals surface area (Å²) in [7, 11) is -3.07. The maximum Gasteiger partial charge on any atom is 0.251 e. The number of amides is 1. The third kappa shape index (κ3) is 4.82. The number of benzene rings is 2. The third-order valence-corrected chi connectivity index (χ3v) is 5.01. The summed E-state index contributed by atoms with van der Waals surface area (Å²) in [6.07, 6.45) is 2.07. The lowest BCUT2D eigenvalue weighted by molar-refractivity contribution is 0.0939. The predicted octanol–water partition coefficient (Wildman–Crippen LogP) is 2.21. The van der Waals surface area contributed by atoms with Gasteiger partial charge in [0.1, 0.15) is 5.75 Å². The van der Waals surface area contributed by atoms with Crippen molar-refractivity contribution in [3.63, 3.8) is 0 Å². The molecule has 1 unspecified atom stereocenters. The zero-order chi connectivity index (χ0) is 17.9. The van der Waals surface area contributed by atoms with Crippen molar-refractivity contribution in [1.29, 1.82) is 0 Å². The quantitative estimate of drug-likeness (QED) is 0.888. The molecule has 2 aromatic rings. The Balaban J connectivity index is 1.55. The van der Waals surface area contributed by atoms with E-state index in [-0.39, 0.29) is 17.6 Å². The molecule has 1 N–H and O–H groups in total. The average Bonchev–Trinajstić information content (AvgIpc) is 2.59. The summed E-state index contributed by atoms with van der Waals surface area (Å²) in [5, 5.41) is 2.93. The Morgan fingerprint density at radius 2 is 1.88 bits per heavy atom. The zero-order valence-corrected chi connectivity index (χ0v) is 14.9. The summed E-state index contributed by atoms with van der Waals surface area (Å²) in [6.45, 7) is 1.13. The highest BCUT2D eigenvalue weighted by molar-refractivity contribution is 7.89. The molecule has 2 aromatic carbocycles. The van der Waals surface area contributed by atoms with Crippen molar-refractivity contribution in [2.75, 3.05) is 19.4 Å². The fraction of sp³-hybridized carbons (Fsp3) is 0.316. The molecular formula is C19H21NO4S. The molecule has 132 valence electrons. The van der Waals surface area contributed by atoms with Crippen molar-refractivity contribution in [3.05, 3.63) is 65.2 Å². The van der Waals surface area contributed by atoms with Crippen molar-refractivity contribution in [2.24, 2.45) is 5.92 Å². The van der Waals surface area contributed by atoms with Gasteiger partial charge in [0.05, 0.1) is 12.4 Å². The van der Waals surface area contributed by atoms with Gasteiger partial charge in [0.15, 0.2) is 9.84 Å². The van der Waals surface area contributed by atoms with Crippen LogP contribution in [-0.2, 0) is 22.0 Å². The topological polar surface area (TPSA) is 72.5 Å². The monoisotopic (exact) mass is 359 g/mol. The number of hydrogen-bond acceptors (Lipinski definition) is 4. The summed E-state index contributed by atoms with van der Waals surface area (Å²) < 4.78 is 28.3. The molecule has 3 rings (SSSR count). The van der Waals surface area contributed by atoms with Crippen LogP contribution in [-0.4, -0.2) is 33.7 Å². The van der Waals surface area contributed by atoms with Gasteiger partial charge < -0.3 is 10.1 Å². The lowest BCUT2D eigenvalue weighted by Crippen LogP contribution is -2.34. The Kier molecular flexibility index (Phi) is 5.08. The lowest BCUT2D eigenvalue weighted by atomic mass is 9.96. The molecule has 0 saturated heterocycles. The normalized spacial score (nSPS) is 16.6. The first-order chi connectivity index (χ1) is 11.9. The molecule has 1 aliphatic heterocycles. The van der Waals surface area contributed by atoms with Crippen LogP contribution in [0.25, 0.3) is 0 Å². The van der Waals surface area contributed by atoms with Gasteiger partial charge in [0.2, 0.25) is 0 Å². The first-order valence-corrected chi connectivity index (χ1v) is 10.2. The smallest absolute Gasteiger partial charge is 0.251 e. The van der Waals surface area contributed by atoms with E-state index < -0.39 is 9.84 Å². The highest BCUT2D eigenvalue weighted by Gasteiger charge is 2.20. The van der Waals surface area contributed by atoms with E-state index in [0.29, 0.717) is 24.3 Å². The fourth-order valence-electron chi connectivity index (χ4n) is 2.92. The van der Waals surface area contributed by atoms with Gasteiger partial charge in [-0.2, -0.15) is 0 Å². The Hall–Kier alpha value is -2.34. The number of hydrogen-bond donors (Lipinski definition) is 1. The van der Waals surface area contributed by atoms with Crippen LogP contribution < -0.4 is 10.1 Å². The second-order valence-electron chi connectivity index (χ2n) is 6.47. The molecule has 0 aromatic heterocycles. The van der Waals surface area contributed by atoms with E-state index in [9.17, 15) is 13.2 Å². The third-order valence-electron chi connectivity index (χ3n) is 4.15. The van der Waals surface area contributed by atoms with E-state index in [1.165, 1.54) is 6.26 Å². The second kappa shape index (κ2) is 7.27. The van der Waals surface area contributed by atoms with Crippen LogP contribution in [0.4, 0.5) is 0 Å². The SMILES string of the molecule is CS(=O)(=O)Cc1ccc(C(=O)NCC2COc3ccccc3C2)cc1. The second-order valence-corrected chi connectivity index (χ2v) is 8.61. The van der Waals surface area contributed by atoms with Crippen LogP contribution in [0, 0.1) is 5.92 Å². The molecule has 0 spiro atoms. The van der Waals surface area contributed by atoms with Crippen LogP contribution in [0.1, 0.15) is 21.5 Å². The van der Waals surface area contributed by atoms with Crippen LogP contribution >= 0.6 is 0 Å². The molecular weight excluding hydrogens is 338 g/mol. The van der Waals surface area contributed by atoms with E-state index in [1.807, 2.05) is 24.3 Å². The summed E-state index contributed by atoms with van der Waals surface area (Å²) in [5.41, 5.74) is 2.36. The Labute approximate surface area is 147 Å². The van der Waals surface area contributed by atoms with Crippen molar-refractivity contribution >= 4 is 15.7 Å². The van der Waals surface area contributed by atoms with E-state index in [4.69, 9.17) is 4.74 Å². The van der Waals surface area contributed by atoms with Gasteiger partial charge in [-0.3, -0.25) is 4.79 Å². The first kappa shape index (κ1) is 17.5. The molecule has 0 fully saturated rings. The predicted molar refractivity (Wildman–Crippen MR) is 96.5 cm³/mol. The van der Waals surface area contributed by atoms with Crippen LogP contribution in [0.2, 0.25) is 0 Å². The van der Waals surface area contributed by atoms with E-state index >= 15 is 0 Å². The minimum atomic E-state index is -3.07. The average molecular weight is 359 g/mol. The molecule has 1 amide bonds. The molecule has 0 bridgehead atoms. The number of para-hydroxylation sites is 1. The number of rotatable bonds is 5. The van der Waals surface area contributed by atoms with Gasteiger partial charge in [-0.1, -0.05) is 30.3 Å². The highest BCUT2D eigenvalue weighted by Crippen LogP contribution is 2.26. The molecule has 6 heteroatoms. The number of nitrogens with one attached hydrogen (secondary N) is 1.